The summed E-state index contributed by atoms with van der Waals surface area (Å²) >= 11 is 0. The van der Waals surface area contributed by atoms with Crippen LogP contribution in [0, 0.1) is 0 Å². The largest absolute Gasteiger partial charge is 0.491 e. The minimum Gasteiger partial charge on any atom is -0.491 e. The van der Waals surface area contributed by atoms with E-state index in [1.54, 1.807) is 0 Å². The van der Waals surface area contributed by atoms with E-state index >= 15 is 0 Å². The summed E-state index contributed by atoms with van der Waals surface area (Å²) < 4.78 is 11.9. The van der Waals surface area contributed by atoms with E-state index in [0.717, 1.165) is 23.4 Å². The van der Waals surface area contributed by atoms with Gasteiger partial charge in [-0.25, -0.2) is 0 Å². The van der Waals surface area contributed by atoms with E-state index in [1.165, 1.54) is 0 Å². The van der Waals surface area contributed by atoms with E-state index in [0.29, 0.717) is 19.6 Å². The Morgan fingerprint density at radius 2 is 1.88 bits per heavy atom. The molecule has 4 heteroatoms. The Labute approximate surface area is 149 Å². The van der Waals surface area contributed by atoms with Gasteiger partial charge in [-0.1, -0.05) is 48.5 Å². The van der Waals surface area contributed by atoms with Gasteiger partial charge >= 0.3 is 0 Å². The summed E-state index contributed by atoms with van der Waals surface area (Å²) in [4.78, 5) is 0. The average molecular weight is 341 g/mol. The normalized spacial score (nSPS) is 20.2. The van der Waals surface area contributed by atoms with Gasteiger partial charge in [0.1, 0.15) is 17.5 Å². The summed E-state index contributed by atoms with van der Waals surface area (Å²) in [6.07, 6.45) is 0.209. The Balaban J connectivity index is 1.96. The van der Waals surface area contributed by atoms with Gasteiger partial charge in [-0.15, -0.1) is 0 Å². The summed E-state index contributed by atoms with van der Waals surface area (Å²) in [7, 11) is 0. The molecular formula is C21H27NO3. The van der Waals surface area contributed by atoms with E-state index in [9.17, 15) is 5.11 Å². The first kappa shape index (κ1) is 17.9. The molecule has 1 heterocycles. The zero-order chi connectivity index (χ0) is 17.7. The van der Waals surface area contributed by atoms with Crippen LogP contribution in [0.4, 0.5) is 0 Å². The lowest BCUT2D eigenvalue weighted by Gasteiger charge is -2.39. The van der Waals surface area contributed by atoms with Gasteiger partial charge in [0, 0.05) is 19.5 Å². The second-order valence-electron chi connectivity index (χ2n) is 6.80. The lowest BCUT2D eigenvalue weighted by molar-refractivity contribution is -0.124. The Kier molecular flexibility index (Phi) is 5.74. The standard InChI is InChI=1S/C21H27NO3/c1-16(2)25-19-11-7-6-8-17(19)14-21(23,18-9-4-3-5-10-18)20-15-22-12-13-24-20/h3-11,16,20,22-23H,12-15H2,1-2H3/t20-,21?/m0/s1. The number of para-hydroxylation sites is 1. The van der Waals surface area contributed by atoms with Crippen molar-refractivity contribution in [1.82, 2.24) is 5.32 Å². The van der Waals surface area contributed by atoms with E-state index in [1.807, 2.05) is 68.4 Å². The predicted molar refractivity (Wildman–Crippen MR) is 98.9 cm³/mol. The van der Waals surface area contributed by atoms with Crippen LogP contribution in [0.1, 0.15) is 25.0 Å². The quantitative estimate of drug-likeness (QED) is 0.848. The molecule has 2 atom stereocenters. The van der Waals surface area contributed by atoms with Gasteiger partial charge in [0.15, 0.2) is 0 Å². The number of aliphatic hydroxyl groups is 1. The summed E-state index contributed by atoms with van der Waals surface area (Å²) in [5, 5.41) is 15.0. The zero-order valence-electron chi connectivity index (χ0n) is 14.9. The molecular weight excluding hydrogens is 314 g/mol. The van der Waals surface area contributed by atoms with Crippen LogP contribution in [0.3, 0.4) is 0 Å². The van der Waals surface area contributed by atoms with Crippen LogP contribution in [0.25, 0.3) is 0 Å². The minimum absolute atomic E-state index is 0.0820. The maximum absolute atomic E-state index is 11.7. The molecule has 1 fully saturated rings. The Morgan fingerprint density at radius 1 is 1.16 bits per heavy atom. The topological polar surface area (TPSA) is 50.7 Å². The zero-order valence-corrected chi connectivity index (χ0v) is 14.9. The van der Waals surface area contributed by atoms with Crippen molar-refractivity contribution in [3.63, 3.8) is 0 Å². The third-order valence-electron chi connectivity index (χ3n) is 4.53. The SMILES string of the molecule is CC(C)Oc1ccccc1CC(O)(c1ccccc1)[C@@H]1CNCCO1. The van der Waals surface area contributed by atoms with Crippen molar-refractivity contribution >= 4 is 0 Å². The van der Waals surface area contributed by atoms with Crippen LogP contribution < -0.4 is 10.1 Å². The van der Waals surface area contributed by atoms with Crippen LogP contribution >= 0.6 is 0 Å². The second kappa shape index (κ2) is 8.00. The summed E-state index contributed by atoms with van der Waals surface area (Å²) in [6, 6.07) is 17.7. The summed E-state index contributed by atoms with van der Waals surface area (Å²) in [5.41, 5.74) is 0.727. The Morgan fingerprint density at radius 3 is 2.56 bits per heavy atom. The highest BCUT2D eigenvalue weighted by Gasteiger charge is 2.41. The Bertz CT molecular complexity index is 668. The minimum atomic E-state index is -1.12. The molecule has 4 nitrogen and oxygen atoms in total. The highest BCUT2D eigenvalue weighted by molar-refractivity contribution is 5.37. The fraction of sp³-hybridized carbons (Fsp3) is 0.429. The van der Waals surface area contributed by atoms with Crippen LogP contribution in [-0.2, 0) is 16.8 Å². The van der Waals surface area contributed by atoms with Crippen LogP contribution in [0.2, 0.25) is 0 Å². The molecule has 2 aromatic carbocycles. The monoisotopic (exact) mass is 341 g/mol. The van der Waals surface area contributed by atoms with Gasteiger partial charge < -0.3 is 19.9 Å². The molecule has 3 rings (SSSR count). The van der Waals surface area contributed by atoms with E-state index in [2.05, 4.69) is 5.32 Å². The molecule has 0 amide bonds. The van der Waals surface area contributed by atoms with E-state index in [4.69, 9.17) is 9.47 Å². The molecule has 0 radical (unpaired) electrons. The van der Waals surface area contributed by atoms with Crippen molar-refractivity contribution in [3.8, 4) is 5.75 Å². The third-order valence-corrected chi connectivity index (χ3v) is 4.53. The first-order chi connectivity index (χ1) is 12.1. The number of hydrogen-bond acceptors (Lipinski definition) is 4. The first-order valence-corrected chi connectivity index (χ1v) is 8.94. The highest BCUT2D eigenvalue weighted by Crippen LogP contribution is 2.35. The average Bonchev–Trinajstić information content (AvgIpc) is 2.64. The molecule has 0 bridgehead atoms. The van der Waals surface area contributed by atoms with Gasteiger partial charge in [0.2, 0.25) is 0 Å². The molecule has 0 saturated carbocycles. The van der Waals surface area contributed by atoms with Gasteiger partial charge in [0.25, 0.3) is 0 Å². The smallest absolute Gasteiger partial charge is 0.122 e. The number of morpholine rings is 1. The van der Waals surface area contributed by atoms with Crippen molar-refractivity contribution in [2.24, 2.45) is 0 Å². The van der Waals surface area contributed by atoms with Gasteiger partial charge in [-0.05, 0) is 31.0 Å². The molecule has 25 heavy (non-hydrogen) atoms. The van der Waals surface area contributed by atoms with Crippen molar-refractivity contribution in [3.05, 3.63) is 65.7 Å². The molecule has 134 valence electrons. The number of benzene rings is 2. The number of ether oxygens (including phenoxy) is 2. The molecule has 0 spiro atoms. The van der Waals surface area contributed by atoms with E-state index < -0.39 is 5.60 Å². The third kappa shape index (κ3) is 4.21. The number of rotatable bonds is 6. The lowest BCUT2D eigenvalue weighted by atomic mass is 9.81. The maximum atomic E-state index is 11.7. The van der Waals surface area contributed by atoms with Crippen LogP contribution in [-0.4, -0.2) is 37.0 Å². The van der Waals surface area contributed by atoms with Crippen molar-refractivity contribution < 1.29 is 14.6 Å². The number of hydrogen-bond donors (Lipinski definition) is 2. The Hall–Kier alpha value is -1.88. The maximum Gasteiger partial charge on any atom is 0.122 e. The highest BCUT2D eigenvalue weighted by atomic mass is 16.5. The molecule has 0 aliphatic carbocycles. The predicted octanol–water partition coefficient (Wildman–Crippen LogP) is 2.89. The molecule has 1 aliphatic heterocycles. The second-order valence-corrected chi connectivity index (χ2v) is 6.80. The first-order valence-electron chi connectivity index (χ1n) is 8.94. The van der Waals surface area contributed by atoms with Crippen molar-refractivity contribution in [2.45, 2.75) is 38.1 Å². The molecule has 1 saturated heterocycles. The van der Waals surface area contributed by atoms with Crippen molar-refractivity contribution in [1.29, 1.82) is 0 Å². The summed E-state index contributed by atoms with van der Waals surface area (Å²) in [5.74, 6) is 0.815. The molecule has 2 aromatic rings. The van der Waals surface area contributed by atoms with E-state index in [-0.39, 0.29) is 12.2 Å². The van der Waals surface area contributed by atoms with Gasteiger partial charge in [-0.2, -0.15) is 0 Å². The lowest BCUT2D eigenvalue weighted by Crippen LogP contribution is -2.52. The molecule has 1 unspecified atom stereocenters. The van der Waals surface area contributed by atoms with Crippen LogP contribution in [0.15, 0.2) is 54.6 Å². The molecule has 2 N–H and O–H groups in total. The van der Waals surface area contributed by atoms with Gasteiger partial charge in [0.05, 0.1) is 12.7 Å². The molecule has 0 aromatic heterocycles. The summed E-state index contributed by atoms with van der Waals surface area (Å²) in [6.45, 7) is 6.06. The van der Waals surface area contributed by atoms with Crippen molar-refractivity contribution in [2.75, 3.05) is 19.7 Å². The fourth-order valence-corrected chi connectivity index (χ4v) is 3.31. The number of nitrogens with one attached hydrogen (secondary N) is 1. The molecule has 1 aliphatic rings. The van der Waals surface area contributed by atoms with Crippen LogP contribution in [0.5, 0.6) is 5.75 Å². The van der Waals surface area contributed by atoms with Gasteiger partial charge in [-0.3, -0.25) is 0 Å². The fourth-order valence-electron chi connectivity index (χ4n) is 3.31.